The standard InChI is InChI=1S/C21H20ClFN2S.C7H8O.C2H6/c1-21(2,23)14-5-3-13(4-6-14)20-19-16(9-10-25(20)12-26)17-11-15(22)7-8-18(17)24-19;1-8-7-5-3-2-4-6-7;1-2/h3-8,11-12,20,24H,9-10H2,1-2H3;2-6H,1H3;1-2H3. The average molecular weight is 525 g/mol. The lowest BCUT2D eigenvalue weighted by Gasteiger charge is -2.34. The highest BCUT2D eigenvalue weighted by Crippen LogP contribution is 2.39. The lowest BCUT2D eigenvalue weighted by atomic mass is 9.91. The van der Waals surface area contributed by atoms with Gasteiger partial charge in [0, 0.05) is 28.2 Å². The van der Waals surface area contributed by atoms with Crippen LogP contribution in [0, 0.1) is 0 Å². The molecule has 0 bridgehead atoms. The number of aromatic amines is 1. The summed E-state index contributed by atoms with van der Waals surface area (Å²) >= 11 is 11.5. The van der Waals surface area contributed by atoms with Crippen LogP contribution in [-0.4, -0.2) is 29.0 Å². The molecule has 3 aromatic carbocycles. The number of H-pyrrole nitrogens is 1. The summed E-state index contributed by atoms with van der Waals surface area (Å²) in [6, 6.07) is 23.3. The fourth-order valence-corrected chi connectivity index (χ4v) is 4.77. The molecule has 1 aliphatic rings. The van der Waals surface area contributed by atoms with Gasteiger partial charge in [-0.1, -0.05) is 80.1 Å². The molecule has 1 unspecified atom stereocenters. The third-order valence-electron chi connectivity index (χ3n) is 6.15. The van der Waals surface area contributed by atoms with Gasteiger partial charge in [0.25, 0.3) is 0 Å². The summed E-state index contributed by atoms with van der Waals surface area (Å²) in [6.45, 7) is 7.99. The van der Waals surface area contributed by atoms with Crippen molar-refractivity contribution in [2.45, 2.75) is 45.8 Å². The number of halogens is 2. The minimum atomic E-state index is -1.35. The first-order chi connectivity index (χ1) is 17.3. The molecular weight excluding hydrogens is 491 g/mol. The highest BCUT2D eigenvalue weighted by Gasteiger charge is 2.30. The van der Waals surface area contributed by atoms with Crippen molar-refractivity contribution < 1.29 is 9.13 Å². The van der Waals surface area contributed by atoms with Crippen molar-refractivity contribution in [1.82, 2.24) is 9.88 Å². The molecule has 6 heteroatoms. The van der Waals surface area contributed by atoms with Crippen molar-refractivity contribution in [3.63, 3.8) is 0 Å². The van der Waals surface area contributed by atoms with Gasteiger partial charge in [0.2, 0.25) is 0 Å². The van der Waals surface area contributed by atoms with Gasteiger partial charge in [0.15, 0.2) is 0 Å². The van der Waals surface area contributed by atoms with E-state index in [1.54, 1.807) is 26.4 Å². The molecule has 0 fully saturated rings. The highest BCUT2D eigenvalue weighted by molar-refractivity contribution is 7.78. The molecule has 1 atom stereocenters. The smallest absolute Gasteiger partial charge is 0.130 e. The van der Waals surface area contributed by atoms with E-state index in [1.807, 2.05) is 86.6 Å². The van der Waals surface area contributed by atoms with Crippen LogP contribution in [0.1, 0.15) is 56.1 Å². The summed E-state index contributed by atoms with van der Waals surface area (Å²) in [5.74, 6) is 0.910. The predicted octanol–water partition coefficient (Wildman–Crippen LogP) is 8.65. The Balaban J connectivity index is 0.000000305. The number of aromatic nitrogens is 1. The predicted molar refractivity (Wildman–Crippen MR) is 154 cm³/mol. The second kappa shape index (κ2) is 12.4. The SMILES string of the molecule is CC.CC(C)(F)c1ccc(C2c3[nH]c4ccc(Cl)cc4c3CCN2C=S)cc1.COc1ccccc1. The Morgan fingerprint density at radius 1 is 1.06 bits per heavy atom. The monoisotopic (exact) mass is 524 g/mol. The van der Waals surface area contributed by atoms with Crippen LogP contribution in [0.3, 0.4) is 0 Å². The van der Waals surface area contributed by atoms with Gasteiger partial charge in [-0.3, -0.25) is 0 Å². The Bertz CT molecular complexity index is 1270. The Labute approximate surface area is 224 Å². The summed E-state index contributed by atoms with van der Waals surface area (Å²) in [5, 5.41) is 1.91. The summed E-state index contributed by atoms with van der Waals surface area (Å²) in [7, 11) is 1.66. The largest absolute Gasteiger partial charge is 0.497 e. The third kappa shape index (κ3) is 6.26. The topological polar surface area (TPSA) is 28.3 Å². The minimum Gasteiger partial charge on any atom is -0.497 e. The van der Waals surface area contributed by atoms with Gasteiger partial charge in [-0.15, -0.1) is 0 Å². The van der Waals surface area contributed by atoms with Crippen molar-refractivity contribution in [2.24, 2.45) is 0 Å². The summed E-state index contributed by atoms with van der Waals surface area (Å²) < 4.78 is 19.1. The molecule has 1 aromatic heterocycles. The van der Waals surface area contributed by atoms with Gasteiger partial charge in [-0.2, -0.15) is 0 Å². The number of alkyl halides is 1. The zero-order valence-electron chi connectivity index (χ0n) is 21.5. The van der Waals surface area contributed by atoms with Gasteiger partial charge < -0.3 is 14.6 Å². The van der Waals surface area contributed by atoms with Gasteiger partial charge in [0.1, 0.15) is 11.4 Å². The summed E-state index contributed by atoms with van der Waals surface area (Å²) in [5.41, 5.74) is 5.65. The molecule has 0 amide bonds. The van der Waals surface area contributed by atoms with E-state index < -0.39 is 5.67 Å². The van der Waals surface area contributed by atoms with E-state index in [-0.39, 0.29) is 6.04 Å². The molecular formula is C30H34ClFN2OS. The fourth-order valence-electron chi connectivity index (χ4n) is 4.37. The molecule has 0 saturated heterocycles. The Hall–Kier alpha value is -2.89. The van der Waals surface area contributed by atoms with Crippen molar-refractivity contribution in [3.8, 4) is 5.75 Å². The zero-order valence-corrected chi connectivity index (χ0v) is 23.1. The molecule has 5 rings (SSSR count). The second-order valence-corrected chi connectivity index (χ2v) is 9.46. The Kier molecular flexibility index (Phi) is 9.52. The summed E-state index contributed by atoms with van der Waals surface area (Å²) in [6.07, 6.45) is 0.912. The van der Waals surface area contributed by atoms with Crippen molar-refractivity contribution in [3.05, 3.63) is 100 Å². The van der Waals surface area contributed by atoms with Crippen LogP contribution in [0.15, 0.2) is 72.8 Å². The normalized spacial score (nSPS) is 14.6. The number of hydrogen-bond acceptors (Lipinski definition) is 2. The van der Waals surface area contributed by atoms with Gasteiger partial charge in [-0.05, 0) is 67.3 Å². The lowest BCUT2D eigenvalue weighted by molar-refractivity contribution is 0.221. The van der Waals surface area contributed by atoms with E-state index >= 15 is 0 Å². The lowest BCUT2D eigenvalue weighted by Crippen LogP contribution is -2.34. The van der Waals surface area contributed by atoms with Crippen molar-refractivity contribution in [2.75, 3.05) is 13.7 Å². The molecule has 0 radical (unpaired) electrons. The van der Waals surface area contributed by atoms with Crippen LogP contribution in [-0.2, 0) is 12.1 Å². The molecule has 1 N–H and O–H groups in total. The average Bonchev–Trinajstić information content (AvgIpc) is 3.27. The first kappa shape index (κ1) is 27.7. The number of methoxy groups -OCH3 is 1. The van der Waals surface area contributed by atoms with E-state index in [0.717, 1.165) is 40.5 Å². The van der Waals surface area contributed by atoms with Crippen LogP contribution in [0.4, 0.5) is 4.39 Å². The van der Waals surface area contributed by atoms with Crippen molar-refractivity contribution in [1.29, 1.82) is 0 Å². The number of rotatable bonds is 4. The fraction of sp³-hybridized carbons (Fsp3) is 0.300. The van der Waals surface area contributed by atoms with Crippen LogP contribution in [0.2, 0.25) is 5.02 Å². The maximum atomic E-state index is 14.2. The van der Waals surface area contributed by atoms with E-state index in [9.17, 15) is 4.39 Å². The van der Waals surface area contributed by atoms with Crippen LogP contribution in [0.5, 0.6) is 5.75 Å². The van der Waals surface area contributed by atoms with E-state index in [0.29, 0.717) is 5.56 Å². The molecule has 0 spiro atoms. The van der Waals surface area contributed by atoms with Gasteiger partial charge >= 0.3 is 0 Å². The molecule has 4 aromatic rings. The molecule has 2 heterocycles. The van der Waals surface area contributed by atoms with E-state index in [4.69, 9.17) is 28.6 Å². The van der Waals surface area contributed by atoms with Gasteiger partial charge in [0.05, 0.1) is 18.6 Å². The Morgan fingerprint density at radius 2 is 1.72 bits per heavy atom. The number of para-hydroxylation sites is 1. The van der Waals surface area contributed by atoms with Crippen molar-refractivity contribution >= 4 is 40.2 Å². The third-order valence-corrected chi connectivity index (χ3v) is 6.66. The van der Waals surface area contributed by atoms with Crippen LogP contribution in [0.25, 0.3) is 10.9 Å². The molecule has 3 nitrogen and oxygen atoms in total. The molecule has 0 aliphatic carbocycles. The number of thiocarbonyl (C=S) groups is 1. The number of nitrogens with one attached hydrogen (secondary N) is 1. The van der Waals surface area contributed by atoms with E-state index in [2.05, 4.69) is 9.88 Å². The molecule has 1 aliphatic heterocycles. The number of nitrogens with zero attached hydrogens (tertiary/aromatic N) is 1. The van der Waals surface area contributed by atoms with Crippen LogP contribution < -0.4 is 4.74 Å². The molecule has 36 heavy (non-hydrogen) atoms. The molecule has 190 valence electrons. The maximum absolute atomic E-state index is 14.2. The number of ether oxygens (including phenoxy) is 1. The van der Waals surface area contributed by atoms with E-state index in [1.165, 1.54) is 10.9 Å². The first-order valence-electron chi connectivity index (χ1n) is 12.2. The quantitative estimate of drug-likeness (QED) is 0.271. The zero-order chi connectivity index (χ0) is 26.3. The minimum absolute atomic E-state index is 0.000742. The second-order valence-electron chi connectivity index (χ2n) is 8.81. The number of hydrogen-bond donors (Lipinski definition) is 1. The highest BCUT2D eigenvalue weighted by atomic mass is 35.5. The molecule has 0 saturated carbocycles. The maximum Gasteiger partial charge on any atom is 0.130 e. The van der Waals surface area contributed by atoms with Crippen LogP contribution >= 0.6 is 23.8 Å². The first-order valence-corrected chi connectivity index (χ1v) is 13.1. The Morgan fingerprint density at radius 3 is 2.28 bits per heavy atom. The summed E-state index contributed by atoms with van der Waals surface area (Å²) in [4.78, 5) is 5.72. The number of benzene rings is 3. The van der Waals surface area contributed by atoms with Gasteiger partial charge in [-0.25, -0.2) is 4.39 Å². The number of fused-ring (bicyclic) bond motifs is 3.